The molecule has 1 aromatic heterocycles. The van der Waals surface area contributed by atoms with E-state index < -0.39 is 5.91 Å². The van der Waals surface area contributed by atoms with Crippen LogP contribution in [0.3, 0.4) is 0 Å². The van der Waals surface area contributed by atoms with Gasteiger partial charge in [0, 0.05) is 22.3 Å². The van der Waals surface area contributed by atoms with E-state index in [1.165, 1.54) is 6.08 Å². The van der Waals surface area contributed by atoms with Crippen LogP contribution in [0.15, 0.2) is 66.4 Å². The molecule has 0 atom stereocenters. The normalized spacial score (nSPS) is 11.1. The van der Waals surface area contributed by atoms with Crippen LogP contribution in [-0.2, 0) is 4.79 Å². The van der Waals surface area contributed by atoms with Gasteiger partial charge in [-0.2, -0.15) is 10.4 Å². The highest BCUT2D eigenvalue weighted by Gasteiger charge is 2.13. The average molecular weight is 349 g/mol. The molecule has 0 saturated heterocycles. The Balaban J connectivity index is 2.18. The summed E-state index contributed by atoms with van der Waals surface area (Å²) >= 11 is 5.95. The predicted molar refractivity (Wildman–Crippen MR) is 96.8 cm³/mol. The quantitative estimate of drug-likeness (QED) is 0.577. The zero-order chi connectivity index (χ0) is 17.8. The van der Waals surface area contributed by atoms with Gasteiger partial charge in [-0.15, -0.1) is 0 Å². The summed E-state index contributed by atoms with van der Waals surface area (Å²) in [5.74, 6) is -0.781. The zero-order valence-corrected chi connectivity index (χ0v) is 13.8. The Bertz CT molecular complexity index is 983. The van der Waals surface area contributed by atoms with Gasteiger partial charge in [0.2, 0.25) is 0 Å². The summed E-state index contributed by atoms with van der Waals surface area (Å²) in [6.07, 6.45) is 3.19. The van der Waals surface area contributed by atoms with Gasteiger partial charge in [0.25, 0.3) is 5.91 Å². The molecule has 0 unspecified atom stereocenters. The first-order valence-electron chi connectivity index (χ1n) is 7.41. The fraction of sp³-hybridized carbons (Fsp3) is 0. The molecule has 6 heteroatoms. The number of nitrogens with two attached hydrogens (primary N) is 1. The number of para-hydroxylation sites is 1. The van der Waals surface area contributed by atoms with E-state index in [4.69, 9.17) is 22.6 Å². The van der Waals surface area contributed by atoms with Crippen molar-refractivity contribution in [3.8, 4) is 23.0 Å². The molecule has 0 saturated carbocycles. The van der Waals surface area contributed by atoms with Crippen molar-refractivity contribution in [1.29, 1.82) is 5.26 Å². The van der Waals surface area contributed by atoms with Crippen molar-refractivity contribution < 1.29 is 4.79 Å². The van der Waals surface area contributed by atoms with Crippen LogP contribution in [0.25, 0.3) is 23.0 Å². The van der Waals surface area contributed by atoms with Crippen molar-refractivity contribution in [2.45, 2.75) is 0 Å². The second-order valence-corrected chi connectivity index (χ2v) is 5.69. The lowest BCUT2D eigenvalue weighted by Crippen LogP contribution is -2.12. The fourth-order valence-corrected chi connectivity index (χ4v) is 2.48. The van der Waals surface area contributed by atoms with E-state index in [0.29, 0.717) is 16.3 Å². The van der Waals surface area contributed by atoms with Gasteiger partial charge in [-0.25, -0.2) is 4.68 Å². The average Bonchev–Trinajstić information content (AvgIpc) is 3.04. The first kappa shape index (κ1) is 16.5. The van der Waals surface area contributed by atoms with Crippen LogP contribution in [-0.4, -0.2) is 15.7 Å². The minimum Gasteiger partial charge on any atom is -0.365 e. The number of benzene rings is 2. The number of amides is 1. The summed E-state index contributed by atoms with van der Waals surface area (Å²) < 4.78 is 1.69. The number of primary amides is 1. The lowest BCUT2D eigenvalue weighted by molar-refractivity contribution is -0.114. The van der Waals surface area contributed by atoms with Crippen LogP contribution in [0.5, 0.6) is 0 Å². The summed E-state index contributed by atoms with van der Waals surface area (Å²) in [5, 5.41) is 14.3. The van der Waals surface area contributed by atoms with E-state index in [9.17, 15) is 4.79 Å². The number of hydrogen-bond acceptors (Lipinski definition) is 3. The molecule has 0 spiro atoms. The second-order valence-electron chi connectivity index (χ2n) is 5.25. The largest absolute Gasteiger partial charge is 0.365 e. The van der Waals surface area contributed by atoms with Gasteiger partial charge in [-0.3, -0.25) is 4.79 Å². The van der Waals surface area contributed by atoms with Crippen LogP contribution < -0.4 is 5.73 Å². The van der Waals surface area contributed by atoms with Crippen LogP contribution in [0.2, 0.25) is 5.02 Å². The van der Waals surface area contributed by atoms with Gasteiger partial charge in [0.05, 0.1) is 11.4 Å². The standard InChI is InChI=1S/C19H13ClN4O/c20-16-8-6-13(7-9-16)18-15(10-14(11-21)19(22)25)12-24(23-18)17-4-2-1-3-5-17/h1-10,12H,(H2,22,25)/b14-10-. The molecule has 5 nitrogen and oxygen atoms in total. The van der Waals surface area contributed by atoms with Crippen LogP contribution >= 0.6 is 11.6 Å². The Morgan fingerprint density at radius 3 is 2.44 bits per heavy atom. The van der Waals surface area contributed by atoms with Gasteiger partial charge >= 0.3 is 0 Å². The molecule has 1 heterocycles. The molecule has 0 aliphatic heterocycles. The van der Waals surface area contributed by atoms with Crippen LogP contribution in [0, 0.1) is 11.3 Å². The summed E-state index contributed by atoms with van der Waals surface area (Å²) in [4.78, 5) is 11.4. The molecule has 3 aromatic rings. The Morgan fingerprint density at radius 2 is 1.84 bits per heavy atom. The molecule has 2 aromatic carbocycles. The Labute approximate surface area is 149 Å². The van der Waals surface area contributed by atoms with Gasteiger partial charge in [0.15, 0.2) is 0 Å². The molecule has 25 heavy (non-hydrogen) atoms. The number of carbonyl (C=O) groups excluding carboxylic acids is 1. The third-order valence-corrected chi connectivity index (χ3v) is 3.82. The van der Waals surface area contributed by atoms with Gasteiger partial charge in [-0.05, 0) is 30.3 Å². The Kier molecular flexibility index (Phi) is 4.64. The highest BCUT2D eigenvalue weighted by molar-refractivity contribution is 6.30. The summed E-state index contributed by atoms with van der Waals surface area (Å²) in [6, 6.07) is 18.5. The van der Waals surface area contributed by atoms with Gasteiger partial charge in [-0.1, -0.05) is 41.9 Å². The highest BCUT2D eigenvalue weighted by atomic mass is 35.5. The highest BCUT2D eigenvalue weighted by Crippen LogP contribution is 2.27. The molecule has 2 N–H and O–H groups in total. The van der Waals surface area contributed by atoms with E-state index in [0.717, 1.165) is 11.3 Å². The first-order valence-corrected chi connectivity index (χ1v) is 7.79. The molecule has 0 aliphatic rings. The molecule has 3 rings (SSSR count). The molecular formula is C19H13ClN4O. The number of aromatic nitrogens is 2. The van der Waals surface area contributed by atoms with E-state index in [-0.39, 0.29) is 5.57 Å². The Hall–Kier alpha value is -3.36. The topological polar surface area (TPSA) is 84.7 Å². The van der Waals surface area contributed by atoms with Crippen molar-refractivity contribution in [1.82, 2.24) is 9.78 Å². The first-order chi connectivity index (χ1) is 12.1. The van der Waals surface area contributed by atoms with E-state index in [1.807, 2.05) is 48.5 Å². The summed E-state index contributed by atoms with van der Waals surface area (Å²) in [5.41, 5.74) is 8.01. The van der Waals surface area contributed by atoms with Gasteiger partial charge < -0.3 is 5.73 Å². The summed E-state index contributed by atoms with van der Waals surface area (Å²) in [6.45, 7) is 0. The molecule has 0 aliphatic carbocycles. The third kappa shape index (κ3) is 3.60. The number of carbonyl (C=O) groups is 1. The third-order valence-electron chi connectivity index (χ3n) is 3.57. The molecule has 0 bridgehead atoms. The summed E-state index contributed by atoms with van der Waals surface area (Å²) in [7, 11) is 0. The van der Waals surface area contributed by atoms with Crippen molar-refractivity contribution in [3.63, 3.8) is 0 Å². The smallest absolute Gasteiger partial charge is 0.259 e. The lowest BCUT2D eigenvalue weighted by atomic mass is 10.1. The predicted octanol–water partition coefficient (Wildman–Crippen LogP) is 3.58. The second kappa shape index (κ2) is 7.04. The lowest BCUT2D eigenvalue weighted by Gasteiger charge is -2.01. The van der Waals surface area contributed by atoms with Crippen molar-refractivity contribution in [2.24, 2.45) is 5.73 Å². The minimum atomic E-state index is -0.781. The Morgan fingerprint density at radius 1 is 1.16 bits per heavy atom. The monoisotopic (exact) mass is 348 g/mol. The molecular weight excluding hydrogens is 336 g/mol. The van der Waals surface area contributed by atoms with Crippen LogP contribution in [0.4, 0.5) is 0 Å². The maximum absolute atomic E-state index is 11.4. The fourth-order valence-electron chi connectivity index (χ4n) is 2.35. The molecule has 1 amide bonds. The number of nitrogens with zero attached hydrogens (tertiary/aromatic N) is 3. The molecule has 122 valence electrons. The maximum atomic E-state index is 11.4. The van der Waals surface area contributed by atoms with E-state index in [2.05, 4.69) is 5.10 Å². The molecule has 0 fully saturated rings. The molecule has 0 radical (unpaired) electrons. The van der Waals surface area contributed by atoms with E-state index in [1.54, 1.807) is 23.0 Å². The SMILES string of the molecule is N#C/C(=C/c1cn(-c2ccccc2)nc1-c1ccc(Cl)cc1)C(N)=O. The minimum absolute atomic E-state index is 0.136. The van der Waals surface area contributed by atoms with Crippen molar-refractivity contribution in [2.75, 3.05) is 0 Å². The van der Waals surface area contributed by atoms with Gasteiger partial charge in [0.1, 0.15) is 11.6 Å². The number of rotatable bonds is 4. The number of nitriles is 1. The van der Waals surface area contributed by atoms with Crippen molar-refractivity contribution >= 4 is 23.6 Å². The number of halogens is 1. The van der Waals surface area contributed by atoms with E-state index >= 15 is 0 Å². The van der Waals surface area contributed by atoms with Crippen LogP contribution in [0.1, 0.15) is 5.56 Å². The van der Waals surface area contributed by atoms with Crippen molar-refractivity contribution in [3.05, 3.63) is 77.0 Å². The zero-order valence-electron chi connectivity index (χ0n) is 13.1. The maximum Gasteiger partial charge on any atom is 0.259 e. The number of hydrogen-bond donors (Lipinski definition) is 1.